The van der Waals surface area contributed by atoms with Crippen LogP contribution in [-0.4, -0.2) is 16.0 Å². The van der Waals surface area contributed by atoms with E-state index >= 15 is 0 Å². The van der Waals surface area contributed by atoms with Crippen molar-refractivity contribution in [1.82, 2.24) is 4.57 Å². The fourth-order valence-electron chi connectivity index (χ4n) is 2.64. The summed E-state index contributed by atoms with van der Waals surface area (Å²) in [6, 6.07) is 11.7. The molecule has 122 valence electrons. The topological polar surface area (TPSA) is 4.93 Å². The van der Waals surface area contributed by atoms with Gasteiger partial charge in [-0.25, -0.2) is 0 Å². The van der Waals surface area contributed by atoms with E-state index in [0.29, 0.717) is 11.9 Å². The van der Waals surface area contributed by atoms with Gasteiger partial charge in [0.2, 0.25) is 0 Å². The molecule has 0 saturated carbocycles. The van der Waals surface area contributed by atoms with Gasteiger partial charge in [0.1, 0.15) is 0 Å². The second-order valence-electron chi connectivity index (χ2n) is 5.06. The lowest BCUT2D eigenvalue weighted by Gasteiger charge is -2.18. The van der Waals surface area contributed by atoms with Crippen LogP contribution < -0.4 is 0 Å². The first kappa shape index (κ1) is 16.1. The Hall–Kier alpha value is -1.76. The van der Waals surface area contributed by atoms with Gasteiger partial charge in [0.15, 0.2) is 0 Å². The van der Waals surface area contributed by atoms with E-state index in [9.17, 15) is 22.0 Å². The lowest BCUT2D eigenvalue weighted by Crippen LogP contribution is -2.32. The maximum Gasteiger partial charge on any atom is 0.464 e. The van der Waals surface area contributed by atoms with Crippen molar-refractivity contribution in [3.63, 3.8) is 0 Å². The molecule has 0 aliphatic carbocycles. The minimum atomic E-state index is -5.58. The van der Waals surface area contributed by atoms with Crippen LogP contribution in [0.1, 0.15) is 6.92 Å². The third-order valence-corrected chi connectivity index (χ3v) is 4.61. The van der Waals surface area contributed by atoms with Crippen LogP contribution >= 0.6 is 11.8 Å². The molecule has 0 saturated heterocycles. The molecule has 3 rings (SSSR count). The number of fused-ring (bicyclic) bond motifs is 3. The Morgan fingerprint density at radius 1 is 0.913 bits per heavy atom. The van der Waals surface area contributed by atoms with Crippen molar-refractivity contribution < 1.29 is 22.0 Å². The SMILES string of the molecule is CCn1c2ccccc2c2cc(SC(F)(F)C(F)(F)F)ccc21. The van der Waals surface area contributed by atoms with Crippen LogP contribution in [0.15, 0.2) is 47.4 Å². The van der Waals surface area contributed by atoms with Crippen molar-refractivity contribution in [3.8, 4) is 0 Å². The molecule has 0 spiro atoms. The largest absolute Gasteiger partial charge is 0.464 e. The molecule has 0 atom stereocenters. The summed E-state index contributed by atoms with van der Waals surface area (Å²) in [5.41, 5.74) is 1.74. The Morgan fingerprint density at radius 2 is 1.57 bits per heavy atom. The first-order valence-corrected chi connectivity index (χ1v) is 7.71. The molecule has 1 heterocycles. The quantitative estimate of drug-likeness (QED) is 0.412. The van der Waals surface area contributed by atoms with Crippen molar-refractivity contribution >= 4 is 33.6 Å². The predicted molar refractivity (Wildman–Crippen MR) is 82.0 cm³/mol. The number of hydrogen-bond donors (Lipinski definition) is 0. The highest BCUT2D eigenvalue weighted by molar-refractivity contribution is 8.00. The molecule has 0 aliphatic rings. The Labute approximate surface area is 133 Å². The van der Waals surface area contributed by atoms with Crippen molar-refractivity contribution in [2.24, 2.45) is 0 Å². The number of hydrogen-bond acceptors (Lipinski definition) is 1. The van der Waals surface area contributed by atoms with Crippen molar-refractivity contribution in [1.29, 1.82) is 0 Å². The summed E-state index contributed by atoms with van der Waals surface area (Å²) in [6.07, 6.45) is -5.58. The van der Waals surface area contributed by atoms with E-state index in [1.54, 1.807) is 6.07 Å². The first-order valence-electron chi connectivity index (χ1n) is 6.89. The molecule has 0 fully saturated rings. The maximum absolute atomic E-state index is 13.2. The summed E-state index contributed by atoms with van der Waals surface area (Å²) < 4.78 is 65.6. The first-order chi connectivity index (χ1) is 10.7. The van der Waals surface area contributed by atoms with E-state index in [-0.39, 0.29) is 4.90 Å². The lowest BCUT2D eigenvalue weighted by molar-refractivity contribution is -0.237. The molecule has 1 nitrogen and oxygen atoms in total. The van der Waals surface area contributed by atoms with E-state index < -0.39 is 23.2 Å². The Kier molecular flexibility index (Phi) is 3.78. The second-order valence-corrected chi connectivity index (χ2v) is 6.25. The van der Waals surface area contributed by atoms with Crippen LogP contribution in [0.5, 0.6) is 0 Å². The van der Waals surface area contributed by atoms with Gasteiger partial charge in [0, 0.05) is 33.2 Å². The number of halogens is 5. The molecule has 0 amide bonds. The van der Waals surface area contributed by atoms with E-state index in [1.165, 1.54) is 12.1 Å². The number of nitrogens with zero attached hydrogens (tertiary/aromatic N) is 1. The molecule has 23 heavy (non-hydrogen) atoms. The molecule has 0 radical (unpaired) electrons. The van der Waals surface area contributed by atoms with Crippen molar-refractivity contribution in [3.05, 3.63) is 42.5 Å². The summed E-state index contributed by atoms with van der Waals surface area (Å²) in [7, 11) is 0. The normalized spacial score (nSPS) is 13.1. The van der Waals surface area contributed by atoms with Crippen LogP contribution in [-0.2, 0) is 6.54 Å². The molecule has 0 aliphatic heterocycles. The van der Waals surface area contributed by atoms with Crippen molar-refractivity contribution in [2.75, 3.05) is 0 Å². The smallest absolute Gasteiger partial charge is 0.341 e. The standard InChI is InChI=1S/C16H12F5NS/c1-2-22-13-6-4-3-5-11(13)12-9-10(7-8-14(12)22)23-16(20,21)15(17,18)19/h3-9H,2H2,1H3. The minimum absolute atomic E-state index is 0.112. The summed E-state index contributed by atoms with van der Waals surface area (Å²) in [5.74, 6) is 0. The molecular weight excluding hydrogens is 333 g/mol. The number of rotatable bonds is 3. The predicted octanol–water partition coefficient (Wildman–Crippen LogP) is 6.06. The Bertz CT molecular complexity index is 866. The fourth-order valence-corrected chi connectivity index (χ4v) is 3.37. The fraction of sp³-hybridized carbons (Fsp3) is 0.250. The van der Waals surface area contributed by atoms with Gasteiger partial charge in [-0.2, -0.15) is 22.0 Å². The number of para-hydroxylation sites is 1. The van der Waals surface area contributed by atoms with Gasteiger partial charge in [0.05, 0.1) is 0 Å². The van der Waals surface area contributed by atoms with Gasteiger partial charge < -0.3 is 4.57 Å². The molecule has 3 aromatic rings. The molecule has 0 N–H and O–H groups in total. The third-order valence-electron chi connectivity index (χ3n) is 3.64. The van der Waals surface area contributed by atoms with E-state index in [1.807, 2.05) is 35.8 Å². The van der Waals surface area contributed by atoms with Crippen LogP contribution in [0.4, 0.5) is 22.0 Å². The van der Waals surface area contributed by atoms with Gasteiger partial charge in [-0.05, 0) is 43.0 Å². The molecule has 7 heteroatoms. The van der Waals surface area contributed by atoms with Crippen LogP contribution in [0, 0.1) is 0 Å². The third kappa shape index (κ3) is 2.67. The zero-order valence-electron chi connectivity index (χ0n) is 12.0. The zero-order chi connectivity index (χ0) is 16.8. The zero-order valence-corrected chi connectivity index (χ0v) is 12.8. The maximum atomic E-state index is 13.2. The summed E-state index contributed by atoms with van der Waals surface area (Å²) in [4.78, 5) is -0.112. The summed E-state index contributed by atoms with van der Waals surface area (Å²) in [6.45, 7) is 2.63. The summed E-state index contributed by atoms with van der Waals surface area (Å²) in [5, 5.41) is -3.31. The molecule has 0 bridgehead atoms. The molecule has 2 aromatic carbocycles. The minimum Gasteiger partial charge on any atom is -0.341 e. The molecule has 0 unspecified atom stereocenters. The Balaban J connectivity index is 2.15. The molecular formula is C16H12F5NS. The van der Waals surface area contributed by atoms with Gasteiger partial charge in [-0.15, -0.1) is 0 Å². The highest BCUT2D eigenvalue weighted by Crippen LogP contribution is 2.48. The number of alkyl halides is 5. The second kappa shape index (κ2) is 5.40. The van der Waals surface area contributed by atoms with Gasteiger partial charge in [-0.3, -0.25) is 0 Å². The number of aryl methyl sites for hydroxylation is 1. The highest BCUT2D eigenvalue weighted by Gasteiger charge is 2.58. The highest BCUT2D eigenvalue weighted by atomic mass is 32.2. The van der Waals surface area contributed by atoms with E-state index in [0.717, 1.165) is 16.4 Å². The average molecular weight is 345 g/mol. The number of thioether (sulfide) groups is 1. The average Bonchev–Trinajstić information content (AvgIpc) is 2.79. The van der Waals surface area contributed by atoms with E-state index in [4.69, 9.17) is 0 Å². The van der Waals surface area contributed by atoms with Gasteiger partial charge in [-0.1, -0.05) is 18.2 Å². The van der Waals surface area contributed by atoms with Crippen LogP contribution in [0.2, 0.25) is 0 Å². The monoisotopic (exact) mass is 345 g/mol. The lowest BCUT2D eigenvalue weighted by atomic mass is 10.1. The van der Waals surface area contributed by atoms with Gasteiger partial charge >= 0.3 is 11.4 Å². The van der Waals surface area contributed by atoms with E-state index in [2.05, 4.69) is 0 Å². The Morgan fingerprint density at radius 3 is 2.22 bits per heavy atom. The molecule has 1 aromatic heterocycles. The number of aromatic nitrogens is 1. The summed E-state index contributed by atoms with van der Waals surface area (Å²) >= 11 is -0.475. The van der Waals surface area contributed by atoms with Crippen molar-refractivity contribution in [2.45, 2.75) is 29.8 Å². The van der Waals surface area contributed by atoms with Gasteiger partial charge in [0.25, 0.3) is 0 Å². The van der Waals surface area contributed by atoms with Crippen LogP contribution in [0.25, 0.3) is 21.8 Å². The van der Waals surface area contributed by atoms with Crippen LogP contribution in [0.3, 0.4) is 0 Å². The number of benzene rings is 2.